The van der Waals surface area contributed by atoms with E-state index in [-0.39, 0.29) is 14.4 Å². The van der Waals surface area contributed by atoms with Crippen LogP contribution in [0.25, 0.3) is 0 Å². The molecule has 0 fully saturated rings. The molecule has 0 aliphatic carbocycles. The lowest BCUT2D eigenvalue weighted by Crippen LogP contribution is -2.07. The second kappa shape index (κ2) is 5.49. The molecule has 4 heteroatoms. The Morgan fingerprint density at radius 3 is 2.29 bits per heavy atom. The van der Waals surface area contributed by atoms with Crippen LogP contribution < -0.4 is 5.90 Å². The Labute approximate surface area is 44.4 Å². The highest BCUT2D eigenvalue weighted by Gasteiger charge is 1.88. The number of nitrogens with two attached hydrogens (primary N) is 1. The van der Waals surface area contributed by atoms with Gasteiger partial charge >= 0.3 is 5.97 Å². The summed E-state index contributed by atoms with van der Waals surface area (Å²) in [7, 11) is 0. The van der Waals surface area contributed by atoms with Gasteiger partial charge in [-0.15, -0.1) is 0 Å². The molecule has 0 radical (unpaired) electrons. The molecule has 0 bridgehead atoms. The van der Waals surface area contributed by atoms with Crippen LogP contribution in [0.2, 0.25) is 0 Å². The van der Waals surface area contributed by atoms with E-state index < -0.39 is 0 Å². The Morgan fingerprint density at radius 1 is 1.86 bits per heavy atom. The van der Waals surface area contributed by atoms with Crippen molar-refractivity contribution in [3.05, 3.63) is 0 Å². The van der Waals surface area contributed by atoms with Crippen LogP contribution in [0.15, 0.2) is 0 Å². The molecule has 0 heterocycles. The Kier molecular flexibility index (Phi) is 7.62. The summed E-state index contributed by atoms with van der Waals surface area (Å²) >= 11 is 0. The van der Waals surface area contributed by atoms with Crippen molar-refractivity contribution >= 4 is 14.4 Å². The van der Waals surface area contributed by atoms with Gasteiger partial charge in [0.2, 0.25) is 0 Å². The second-order valence-corrected chi connectivity index (χ2v) is 0.843. The van der Waals surface area contributed by atoms with E-state index in [0.29, 0.717) is 6.42 Å². The molecule has 0 spiro atoms. The maximum absolute atomic E-state index is 9.83. The summed E-state index contributed by atoms with van der Waals surface area (Å²) in [4.78, 5) is 13.6. The summed E-state index contributed by atoms with van der Waals surface area (Å²) < 4.78 is 0. The highest BCUT2D eigenvalue weighted by Crippen LogP contribution is 1.73. The Hall–Kier alpha value is -0.505. The van der Waals surface area contributed by atoms with E-state index >= 15 is 0 Å². The zero-order chi connectivity index (χ0) is 4.99. The van der Waals surface area contributed by atoms with Crippen LogP contribution >= 0.6 is 0 Å². The van der Waals surface area contributed by atoms with E-state index in [1.807, 2.05) is 0 Å². The number of hydrogen-bond donors (Lipinski definition) is 1. The summed E-state index contributed by atoms with van der Waals surface area (Å²) in [5, 5.41) is 0. The van der Waals surface area contributed by atoms with Gasteiger partial charge in [-0.05, 0) is 0 Å². The summed E-state index contributed by atoms with van der Waals surface area (Å²) in [6.45, 7) is 1.68. The van der Waals surface area contributed by atoms with Gasteiger partial charge in [0.05, 0.1) is 8.41 Å². The summed E-state index contributed by atoms with van der Waals surface area (Å²) in [6, 6.07) is 0. The number of hydrogen-bond acceptors (Lipinski definition) is 3. The minimum absolute atomic E-state index is 0. The number of carbonyl (C=O) groups excluding carboxylic acids is 1. The smallest absolute Gasteiger partial charge is 0.324 e. The molecular weight excluding hydrogens is 92.9 g/mol. The lowest BCUT2D eigenvalue weighted by atomic mass is 10.5. The molecular formula is C3H10BNO2. The minimum Gasteiger partial charge on any atom is -0.373 e. The molecule has 0 aromatic heterocycles. The largest absolute Gasteiger partial charge is 0.373 e. The molecule has 42 valence electrons. The van der Waals surface area contributed by atoms with Crippen LogP contribution in [-0.2, 0) is 9.63 Å². The van der Waals surface area contributed by atoms with Crippen LogP contribution in [0.3, 0.4) is 0 Å². The first kappa shape index (κ1) is 9.71. The maximum atomic E-state index is 9.83. The van der Waals surface area contributed by atoms with E-state index in [4.69, 9.17) is 0 Å². The fraction of sp³-hybridized carbons (Fsp3) is 0.667. The van der Waals surface area contributed by atoms with Gasteiger partial charge in [-0.1, -0.05) is 6.92 Å². The van der Waals surface area contributed by atoms with E-state index in [0.717, 1.165) is 0 Å². The minimum atomic E-state index is -0.380. The first-order valence-electron chi connectivity index (χ1n) is 1.70. The van der Waals surface area contributed by atoms with Crippen molar-refractivity contribution in [1.82, 2.24) is 0 Å². The zero-order valence-corrected chi connectivity index (χ0v) is 3.60. The third-order valence-electron chi connectivity index (χ3n) is 0.420. The van der Waals surface area contributed by atoms with Gasteiger partial charge in [-0.2, -0.15) is 5.90 Å². The predicted molar refractivity (Wildman–Crippen MR) is 30.5 cm³/mol. The summed E-state index contributed by atoms with van der Waals surface area (Å²) in [5.41, 5.74) is 0. The Balaban J connectivity index is 0. The Morgan fingerprint density at radius 2 is 2.29 bits per heavy atom. The summed E-state index contributed by atoms with van der Waals surface area (Å²) in [6.07, 6.45) is 0.344. The molecule has 0 aromatic carbocycles. The SMILES string of the molecule is B.CCC(=O)ON. The van der Waals surface area contributed by atoms with Crippen LogP contribution in [0, 0.1) is 0 Å². The van der Waals surface area contributed by atoms with Crippen LogP contribution in [-0.4, -0.2) is 14.4 Å². The van der Waals surface area contributed by atoms with E-state index in [9.17, 15) is 4.79 Å². The highest BCUT2D eigenvalue weighted by molar-refractivity contribution is 5.75. The van der Waals surface area contributed by atoms with Gasteiger partial charge in [-0.25, -0.2) is 0 Å². The van der Waals surface area contributed by atoms with Crippen molar-refractivity contribution in [2.24, 2.45) is 5.90 Å². The van der Waals surface area contributed by atoms with Crippen LogP contribution in [0.5, 0.6) is 0 Å². The van der Waals surface area contributed by atoms with E-state index in [2.05, 4.69) is 10.7 Å². The molecule has 7 heavy (non-hydrogen) atoms. The molecule has 3 nitrogen and oxygen atoms in total. The molecule has 0 aliphatic heterocycles. The van der Waals surface area contributed by atoms with Crippen molar-refractivity contribution < 1.29 is 9.63 Å². The predicted octanol–water partition coefficient (Wildman–Crippen LogP) is -1.37. The van der Waals surface area contributed by atoms with Gasteiger partial charge in [0.1, 0.15) is 0 Å². The number of rotatable bonds is 1. The topological polar surface area (TPSA) is 52.3 Å². The normalized spacial score (nSPS) is 6.57. The van der Waals surface area contributed by atoms with Crippen molar-refractivity contribution in [3.63, 3.8) is 0 Å². The average molecular weight is 103 g/mol. The second-order valence-electron chi connectivity index (χ2n) is 0.843. The van der Waals surface area contributed by atoms with E-state index in [1.165, 1.54) is 0 Å². The highest BCUT2D eigenvalue weighted by atomic mass is 16.7. The molecule has 0 saturated carbocycles. The average Bonchev–Trinajstić information content (AvgIpc) is 1.65. The monoisotopic (exact) mass is 103 g/mol. The third-order valence-corrected chi connectivity index (χ3v) is 0.420. The lowest BCUT2D eigenvalue weighted by molar-refractivity contribution is -0.143. The first-order chi connectivity index (χ1) is 2.81. The molecule has 2 N–H and O–H groups in total. The quantitative estimate of drug-likeness (QED) is 0.329. The molecule has 0 saturated heterocycles. The van der Waals surface area contributed by atoms with Crippen molar-refractivity contribution in [2.75, 3.05) is 0 Å². The maximum Gasteiger partial charge on any atom is 0.324 e. The van der Waals surface area contributed by atoms with Gasteiger partial charge < -0.3 is 4.84 Å². The molecule has 0 rings (SSSR count). The molecule has 0 amide bonds. The van der Waals surface area contributed by atoms with Gasteiger partial charge in [0.15, 0.2) is 0 Å². The zero-order valence-electron chi connectivity index (χ0n) is 3.60. The number of carbonyl (C=O) groups is 1. The summed E-state index contributed by atoms with van der Waals surface area (Å²) in [5.74, 6) is 4.05. The third kappa shape index (κ3) is 5.49. The van der Waals surface area contributed by atoms with E-state index in [1.54, 1.807) is 6.92 Å². The molecule has 0 atom stereocenters. The van der Waals surface area contributed by atoms with Gasteiger partial charge in [0, 0.05) is 6.42 Å². The molecule has 0 aliphatic rings. The van der Waals surface area contributed by atoms with Crippen molar-refractivity contribution in [3.8, 4) is 0 Å². The first-order valence-corrected chi connectivity index (χ1v) is 1.70. The van der Waals surface area contributed by atoms with Gasteiger partial charge in [0.25, 0.3) is 0 Å². The van der Waals surface area contributed by atoms with Crippen LogP contribution in [0.4, 0.5) is 0 Å². The molecule has 0 aromatic rings. The lowest BCUT2D eigenvalue weighted by Gasteiger charge is -1.85. The fourth-order valence-corrected chi connectivity index (χ4v) is 0.0833. The van der Waals surface area contributed by atoms with Gasteiger partial charge in [-0.3, -0.25) is 4.79 Å². The molecule has 0 unspecified atom stereocenters. The Bertz CT molecular complexity index is 50.9. The fourth-order valence-electron chi connectivity index (χ4n) is 0.0833. The van der Waals surface area contributed by atoms with Crippen molar-refractivity contribution in [2.45, 2.75) is 13.3 Å². The van der Waals surface area contributed by atoms with Crippen LogP contribution in [0.1, 0.15) is 13.3 Å². The van der Waals surface area contributed by atoms with Crippen molar-refractivity contribution in [1.29, 1.82) is 0 Å². The standard InChI is InChI=1S/C3H7NO2.BH3/c1-2-3(5)6-4;/h2,4H2,1H3;1H3.